The Bertz CT molecular complexity index is 667. The van der Waals surface area contributed by atoms with E-state index in [9.17, 15) is 14.7 Å². The maximum Gasteiger partial charge on any atom is 0.325 e. The molecular weight excluding hydrogens is 306 g/mol. The van der Waals surface area contributed by atoms with Crippen molar-refractivity contribution in [2.24, 2.45) is 0 Å². The Balaban J connectivity index is 1.57. The smallest absolute Gasteiger partial charge is 0.325 e. The lowest BCUT2D eigenvalue weighted by molar-refractivity contribution is 0.145. The van der Waals surface area contributed by atoms with E-state index in [1.54, 1.807) is 23.5 Å². The number of imide groups is 1. The predicted molar refractivity (Wildman–Crippen MR) is 80.5 cm³/mol. The van der Waals surface area contributed by atoms with Gasteiger partial charge in [0.05, 0.1) is 6.54 Å². The first-order chi connectivity index (χ1) is 10.6. The largest absolute Gasteiger partial charge is 0.458 e. The molecule has 0 aliphatic carbocycles. The van der Waals surface area contributed by atoms with Crippen LogP contribution >= 0.6 is 11.3 Å². The number of urea groups is 2. The highest BCUT2D eigenvalue weighted by Crippen LogP contribution is 2.26. The first kappa shape index (κ1) is 14.6. The van der Waals surface area contributed by atoms with Crippen molar-refractivity contribution in [2.45, 2.75) is 6.10 Å². The van der Waals surface area contributed by atoms with Gasteiger partial charge in [0.1, 0.15) is 17.6 Å². The Labute approximate surface area is 130 Å². The minimum Gasteiger partial charge on any atom is -0.458 e. The van der Waals surface area contributed by atoms with Crippen LogP contribution in [0.3, 0.4) is 0 Å². The molecule has 1 atom stereocenters. The van der Waals surface area contributed by atoms with Crippen LogP contribution < -0.4 is 10.6 Å². The highest BCUT2D eigenvalue weighted by Gasteiger charge is 2.26. The number of hydrogen-bond donors (Lipinski definition) is 3. The Hall–Kier alpha value is -2.32. The fraction of sp³-hybridized carbons (Fsp3) is 0.286. The molecule has 0 aromatic carbocycles. The van der Waals surface area contributed by atoms with E-state index in [4.69, 9.17) is 4.42 Å². The first-order valence-corrected chi connectivity index (χ1v) is 7.73. The highest BCUT2D eigenvalue weighted by atomic mass is 32.1. The summed E-state index contributed by atoms with van der Waals surface area (Å²) in [5, 5.41) is 19.0. The van der Waals surface area contributed by atoms with Crippen LogP contribution in [0.1, 0.15) is 11.9 Å². The van der Waals surface area contributed by atoms with Gasteiger partial charge in [-0.2, -0.15) is 11.3 Å². The second kappa shape index (κ2) is 6.20. The van der Waals surface area contributed by atoms with Crippen molar-refractivity contribution in [3.05, 3.63) is 34.7 Å². The third-order valence-electron chi connectivity index (χ3n) is 3.31. The van der Waals surface area contributed by atoms with Gasteiger partial charge in [0.25, 0.3) is 0 Å². The van der Waals surface area contributed by atoms with Crippen molar-refractivity contribution in [2.75, 3.05) is 19.6 Å². The van der Waals surface area contributed by atoms with Gasteiger partial charge in [-0.05, 0) is 23.6 Å². The second-order valence-electron chi connectivity index (χ2n) is 4.80. The molecule has 22 heavy (non-hydrogen) atoms. The number of aliphatic hydroxyl groups is 1. The summed E-state index contributed by atoms with van der Waals surface area (Å²) in [4.78, 5) is 24.2. The molecule has 0 bridgehead atoms. The molecule has 4 amide bonds. The molecule has 0 spiro atoms. The summed E-state index contributed by atoms with van der Waals surface area (Å²) in [6.07, 6.45) is -0.970. The molecule has 8 heteroatoms. The second-order valence-corrected chi connectivity index (χ2v) is 5.58. The van der Waals surface area contributed by atoms with E-state index in [1.807, 2.05) is 16.8 Å². The summed E-state index contributed by atoms with van der Waals surface area (Å²) in [5.74, 6) is 1.04. The minimum absolute atomic E-state index is 0.0286. The van der Waals surface area contributed by atoms with E-state index >= 15 is 0 Å². The molecule has 116 valence electrons. The molecule has 0 unspecified atom stereocenters. The molecule has 1 aliphatic heterocycles. The zero-order valence-electron chi connectivity index (χ0n) is 11.6. The Morgan fingerprint density at radius 2 is 2.36 bits per heavy atom. The first-order valence-electron chi connectivity index (χ1n) is 6.78. The maximum atomic E-state index is 11.8. The van der Waals surface area contributed by atoms with E-state index in [1.165, 1.54) is 0 Å². The molecule has 2 aromatic rings. The fourth-order valence-electron chi connectivity index (χ4n) is 2.14. The minimum atomic E-state index is -0.970. The lowest BCUT2D eigenvalue weighted by atomic mass is 10.2. The summed E-state index contributed by atoms with van der Waals surface area (Å²) >= 11 is 1.56. The number of aliphatic hydroxyl groups excluding tert-OH is 1. The van der Waals surface area contributed by atoms with Gasteiger partial charge in [0.2, 0.25) is 0 Å². The van der Waals surface area contributed by atoms with Gasteiger partial charge in [0.15, 0.2) is 0 Å². The van der Waals surface area contributed by atoms with Gasteiger partial charge < -0.3 is 20.2 Å². The fourth-order valence-corrected chi connectivity index (χ4v) is 2.78. The Kier molecular flexibility index (Phi) is 4.12. The lowest BCUT2D eigenvalue weighted by Crippen LogP contribution is -2.43. The number of carbonyl (C=O) groups excluding carboxylic acids is 2. The quantitative estimate of drug-likeness (QED) is 0.800. The molecule has 3 N–H and O–H groups in total. The van der Waals surface area contributed by atoms with Crippen molar-refractivity contribution < 1.29 is 19.1 Å². The van der Waals surface area contributed by atoms with Crippen LogP contribution in [0.5, 0.6) is 0 Å². The summed E-state index contributed by atoms with van der Waals surface area (Å²) in [6, 6.07) is 4.42. The van der Waals surface area contributed by atoms with Crippen molar-refractivity contribution in [3.63, 3.8) is 0 Å². The average Bonchev–Trinajstić information content (AvgIpc) is 3.23. The molecule has 0 saturated carbocycles. The third kappa shape index (κ3) is 2.97. The molecule has 2 aromatic heterocycles. The molecule has 7 nitrogen and oxygen atoms in total. The van der Waals surface area contributed by atoms with Crippen molar-refractivity contribution in [1.29, 1.82) is 0 Å². The number of nitrogens with one attached hydrogen (secondary N) is 2. The molecule has 1 saturated heterocycles. The number of nitrogens with zero attached hydrogens (tertiary/aromatic N) is 1. The molecular formula is C14H15N3O4S. The van der Waals surface area contributed by atoms with Crippen molar-refractivity contribution in [3.8, 4) is 11.3 Å². The number of thiophene rings is 1. The van der Waals surface area contributed by atoms with Crippen molar-refractivity contribution >= 4 is 23.4 Å². The Morgan fingerprint density at radius 1 is 1.50 bits per heavy atom. The molecule has 1 aliphatic rings. The summed E-state index contributed by atoms with van der Waals surface area (Å²) in [7, 11) is 0. The number of hydrogen-bond acceptors (Lipinski definition) is 5. The zero-order chi connectivity index (χ0) is 15.5. The van der Waals surface area contributed by atoms with Crippen LogP contribution in [0.4, 0.5) is 9.59 Å². The van der Waals surface area contributed by atoms with Gasteiger partial charge in [-0.1, -0.05) is 0 Å². The van der Waals surface area contributed by atoms with E-state index in [-0.39, 0.29) is 6.54 Å². The Morgan fingerprint density at radius 3 is 3.05 bits per heavy atom. The third-order valence-corrected chi connectivity index (χ3v) is 3.99. The van der Waals surface area contributed by atoms with Gasteiger partial charge in [-0.3, -0.25) is 0 Å². The standard InChI is InChI=1S/C14H15N3O4S/c18-10(7-16-14(20)17-5-4-15-13(17)19)12-2-1-11(21-12)9-3-6-22-8-9/h1-3,6,8,10,18H,4-5,7H2,(H,15,19)(H,16,20)/t10-/m1/s1. The van der Waals surface area contributed by atoms with E-state index < -0.39 is 18.2 Å². The summed E-state index contributed by atoms with van der Waals surface area (Å²) in [5.41, 5.74) is 0.946. The zero-order valence-corrected chi connectivity index (χ0v) is 12.4. The topological polar surface area (TPSA) is 94.8 Å². The maximum absolute atomic E-state index is 11.8. The van der Waals surface area contributed by atoms with Crippen LogP contribution in [0.15, 0.2) is 33.4 Å². The van der Waals surface area contributed by atoms with Crippen LogP contribution in [0, 0.1) is 0 Å². The van der Waals surface area contributed by atoms with Crippen LogP contribution in [0.2, 0.25) is 0 Å². The van der Waals surface area contributed by atoms with Gasteiger partial charge in [-0.15, -0.1) is 0 Å². The van der Waals surface area contributed by atoms with Crippen molar-refractivity contribution in [1.82, 2.24) is 15.5 Å². The van der Waals surface area contributed by atoms with Gasteiger partial charge in [-0.25, -0.2) is 14.5 Å². The highest BCUT2D eigenvalue weighted by molar-refractivity contribution is 7.08. The molecule has 0 radical (unpaired) electrons. The monoisotopic (exact) mass is 321 g/mol. The van der Waals surface area contributed by atoms with Crippen LogP contribution in [-0.4, -0.2) is 41.7 Å². The number of furan rings is 1. The van der Waals surface area contributed by atoms with E-state index in [0.29, 0.717) is 24.6 Å². The molecule has 1 fully saturated rings. The molecule has 3 rings (SSSR count). The SMILES string of the molecule is O=C1NCCN1C(=O)NC[C@@H](O)c1ccc(-c2ccsc2)o1. The average molecular weight is 321 g/mol. The number of amides is 4. The molecule has 3 heterocycles. The van der Waals surface area contributed by atoms with E-state index in [2.05, 4.69) is 10.6 Å². The number of carbonyl (C=O) groups is 2. The van der Waals surface area contributed by atoms with Crippen LogP contribution in [-0.2, 0) is 0 Å². The van der Waals surface area contributed by atoms with Gasteiger partial charge in [0, 0.05) is 24.0 Å². The van der Waals surface area contributed by atoms with E-state index in [0.717, 1.165) is 10.5 Å². The van der Waals surface area contributed by atoms with Gasteiger partial charge >= 0.3 is 12.1 Å². The number of rotatable bonds is 4. The summed E-state index contributed by atoms with van der Waals surface area (Å²) < 4.78 is 5.58. The lowest BCUT2D eigenvalue weighted by Gasteiger charge is -2.15. The predicted octanol–water partition coefficient (Wildman–Crippen LogP) is 1.78. The normalized spacial score (nSPS) is 15.7. The van der Waals surface area contributed by atoms with Crippen LogP contribution in [0.25, 0.3) is 11.3 Å². The summed E-state index contributed by atoms with van der Waals surface area (Å²) in [6.45, 7) is 0.736.